The van der Waals surface area contributed by atoms with Crippen molar-refractivity contribution in [1.29, 1.82) is 0 Å². The molecule has 1 aliphatic carbocycles. The van der Waals surface area contributed by atoms with E-state index >= 15 is 0 Å². The zero-order chi connectivity index (χ0) is 7.40. The third-order valence-electron chi connectivity index (χ3n) is 2.36. The van der Waals surface area contributed by atoms with Gasteiger partial charge in [-0.05, 0) is 32.1 Å². The fourth-order valence-corrected chi connectivity index (χ4v) is 1.68. The molecule has 10 heavy (non-hydrogen) atoms. The Labute approximate surface area is 64.3 Å². The summed E-state index contributed by atoms with van der Waals surface area (Å²) in [5, 5.41) is 0. The summed E-state index contributed by atoms with van der Waals surface area (Å²) in [6, 6.07) is 0. The van der Waals surface area contributed by atoms with Crippen molar-refractivity contribution in [2.75, 3.05) is 0 Å². The van der Waals surface area contributed by atoms with Gasteiger partial charge in [0.1, 0.15) is 0 Å². The molecule has 0 heteroatoms. The van der Waals surface area contributed by atoms with Crippen LogP contribution in [0.4, 0.5) is 0 Å². The van der Waals surface area contributed by atoms with Gasteiger partial charge in [-0.1, -0.05) is 31.4 Å². The van der Waals surface area contributed by atoms with Crippen LogP contribution in [0.15, 0.2) is 11.6 Å². The molecule has 1 unspecified atom stereocenters. The van der Waals surface area contributed by atoms with E-state index in [9.17, 15) is 0 Å². The van der Waals surface area contributed by atoms with E-state index in [0.717, 1.165) is 5.92 Å². The van der Waals surface area contributed by atoms with Crippen LogP contribution in [0.25, 0.3) is 0 Å². The van der Waals surface area contributed by atoms with Crippen LogP contribution in [0, 0.1) is 5.92 Å². The van der Waals surface area contributed by atoms with E-state index in [1.54, 1.807) is 5.57 Å². The van der Waals surface area contributed by atoms with Crippen molar-refractivity contribution >= 4 is 0 Å². The minimum Gasteiger partial charge on any atom is -0.0825 e. The molecule has 0 aliphatic heterocycles. The normalized spacial score (nSPS) is 25.0. The first-order chi connectivity index (χ1) is 4.83. The Bertz CT molecular complexity index is 122. The molecule has 0 amide bonds. The third-order valence-corrected chi connectivity index (χ3v) is 2.36. The van der Waals surface area contributed by atoms with Gasteiger partial charge in [-0.15, -0.1) is 0 Å². The minimum absolute atomic E-state index is 0.931. The number of unbranched alkanes of at least 4 members (excludes halogenated alkanes) is 1. The lowest BCUT2D eigenvalue weighted by Crippen LogP contribution is -1.89. The van der Waals surface area contributed by atoms with Crippen molar-refractivity contribution in [2.45, 2.75) is 46.0 Å². The van der Waals surface area contributed by atoms with E-state index in [2.05, 4.69) is 19.9 Å². The molecule has 0 nitrogen and oxygen atoms in total. The molecule has 0 spiro atoms. The highest BCUT2D eigenvalue weighted by molar-refractivity contribution is 5.07. The highest BCUT2D eigenvalue weighted by atomic mass is 14.2. The molecule has 1 rings (SSSR count). The molecular weight excluding hydrogens is 120 g/mol. The van der Waals surface area contributed by atoms with E-state index in [4.69, 9.17) is 0 Å². The molecule has 0 aromatic carbocycles. The average Bonchev–Trinajstić information content (AvgIpc) is 2.31. The fraction of sp³-hybridized carbons (Fsp3) is 0.800. The second-order valence-electron chi connectivity index (χ2n) is 3.45. The Hall–Kier alpha value is -0.260. The molecule has 0 bridgehead atoms. The SMILES string of the molecule is CCCCC1C=C(C)CC1. The van der Waals surface area contributed by atoms with Crippen LogP contribution >= 0.6 is 0 Å². The summed E-state index contributed by atoms with van der Waals surface area (Å²) in [6.07, 6.45) is 9.43. The molecule has 58 valence electrons. The van der Waals surface area contributed by atoms with Crippen molar-refractivity contribution in [3.05, 3.63) is 11.6 Å². The van der Waals surface area contributed by atoms with E-state index in [1.165, 1.54) is 32.1 Å². The van der Waals surface area contributed by atoms with Gasteiger partial charge >= 0.3 is 0 Å². The molecule has 0 saturated carbocycles. The molecule has 0 aromatic heterocycles. The zero-order valence-corrected chi connectivity index (χ0v) is 7.19. The predicted octanol–water partition coefficient (Wildman–Crippen LogP) is 3.53. The molecule has 0 radical (unpaired) electrons. The van der Waals surface area contributed by atoms with Gasteiger partial charge in [0.25, 0.3) is 0 Å². The van der Waals surface area contributed by atoms with Crippen molar-refractivity contribution in [3.8, 4) is 0 Å². The summed E-state index contributed by atoms with van der Waals surface area (Å²) >= 11 is 0. The van der Waals surface area contributed by atoms with Gasteiger partial charge in [-0.2, -0.15) is 0 Å². The van der Waals surface area contributed by atoms with E-state index in [0.29, 0.717) is 0 Å². The summed E-state index contributed by atoms with van der Waals surface area (Å²) in [5.41, 5.74) is 1.61. The predicted molar refractivity (Wildman–Crippen MR) is 46.0 cm³/mol. The standard InChI is InChI=1S/C10H18/c1-3-4-5-10-7-6-9(2)8-10/h8,10H,3-7H2,1-2H3. The molecular formula is C10H18. The van der Waals surface area contributed by atoms with Crippen molar-refractivity contribution in [2.24, 2.45) is 5.92 Å². The highest BCUT2D eigenvalue weighted by Crippen LogP contribution is 2.27. The summed E-state index contributed by atoms with van der Waals surface area (Å²) in [4.78, 5) is 0. The van der Waals surface area contributed by atoms with Gasteiger partial charge in [0.05, 0.1) is 0 Å². The van der Waals surface area contributed by atoms with E-state index in [1.807, 2.05) is 0 Å². The van der Waals surface area contributed by atoms with Gasteiger partial charge in [-0.25, -0.2) is 0 Å². The first kappa shape index (κ1) is 7.84. The second-order valence-corrected chi connectivity index (χ2v) is 3.45. The Morgan fingerprint density at radius 1 is 1.60 bits per heavy atom. The summed E-state index contributed by atoms with van der Waals surface area (Å²) in [7, 11) is 0. The lowest BCUT2D eigenvalue weighted by molar-refractivity contribution is 0.545. The van der Waals surface area contributed by atoms with Gasteiger partial charge in [0, 0.05) is 0 Å². The molecule has 0 aromatic rings. The fourth-order valence-electron chi connectivity index (χ4n) is 1.68. The van der Waals surface area contributed by atoms with Crippen LogP contribution in [0.5, 0.6) is 0 Å². The highest BCUT2D eigenvalue weighted by Gasteiger charge is 2.11. The maximum atomic E-state index is 2.47. The number of rotatable bonds is 3. The number of allylic oxidation sites excluding steroid dienone is 2. The van der Waals surface area contributed by atoms with Crippen molar-refractivity contribution in [1.82, 2.24) is 0 Å². The van der Waals surface area contributed by atoms with Gasteiger partial charge in [0.2, 0.25) is 0 Å². The number of hydrogen-bond donors (Lipinski definition) is 0. The Morgan fingerprint density at radius 2 is 2.40 bits per heavy atom. The first-order valence-corrected chi connectivity index (χ1v) is 4.50. The first-order valence-electron chi connectivity index (χ1n) is 4.50. The molecule has 1 atom stereocenters. The Kier molecular flexibility index (Phi) is 2.98. The van der Waals surface area contributed by atoms with E-state index < -0.39 is 0 Å². The number of hydrogen-bond acceptors (Lipinski definition) is 0. The summed E-state index contributed by atoms with van der Waals surface area (Å²) < 4.78 is 0. The van der Waals surface area contributed by atoms with Crippen molar-refractivity contribution < 1.29 is 0 Å². The molecule has 1 aliphatic rings. The Balaban J connectivity index is 2.18. The van der Waals surface area contributed by atoms with Crippen LogP contribution in [0.1, 0.15) is 46.0 Å². The average molecular weight is 138 g/mol. The largest absolute Gasteiger partial charge is 0.0825 e. The van der Waals surface area contributed by atoms with Crippen LogP contribution < -0.4 is 0 Å². The third kappa shape index (κ3) is 2.17. The monoisotopic (exact) mass is 138 g/mol. The van der Waals surface area contributed by atoms with Crippen LogP contribution in [-0.4, -0.2) is 0 Å². The smallest absolute Gasteiger partial charge is 0.0228 e. The molecule has 0 N–H and O–H groups in total. The topological polar surface area (TPSA) is 0 Å². The summed E-state index contributed by atoms with van der Waals surface area (Å²) in [5.74, 6) is 0.931. The minimum atomic E-state index is 0.931. The quantitative estimate of drug-likeness (QED) is 0.523. The summed E-state index contributed by atoms with van der Waals surface area (Å²) in [6.45, 7) is 4.53. The van der Waals surface area contributed by atoms with Crippen LogP contribution in [-0.2, 0) is 0 Å². The van der Waals surface area contributed by atoms with Gasteiger partial charge < -0.3 is 0 Å². The maximum absolute atomic E-state index is 2.47. The zero-order valence-electron chi connectivity index (χ0n) is 7.19. The maximum Gasteiger partial charge on any atom is -0.0228 e. The molecule has 0 saturated heterocycles. The lowest BCUT2D eigenvalue weighted by Gasteiger charge is -2.03. The van der Waals surface area contributed by atoms with Crippen LogP contribution in [0.3, 0.4) is 0 Å². The lowest BCUT2D eigenvalue weighted by atomic mass is 10.0. The molecule has 0 heterocycles. The van der Waals surface area contributed by atoms with Gasteiger partial charge in [0.15, 0.2) is 0 Å². The van der Waals surface area contributed by atoms with E-state index in [-0.39, 0.29) is 0 Å². The second kappa shape index (κ2) is 3.80. The van der Waals surface area contributed by atoms with Crippen LogP contribution in [0.2, 0.25) is 0 Å². The molecule has 0 fully saturated rings. The van der Waals surface area contributed by atoms with Gasteiger partial charge in [-0.3, -0.25) is 0 Å². The Morgan fingerprint density at radius 3 is 2.90 bits per heavy atom. The van der Waals surface area contributed by atoms with Crippen molar-refractivity contribution in [3.63, 3.8) is 0 Å².